The second-order valence-electron chi connectivity index (χ2n) is 5.98. The van der Waals surface area contributed by atoms with Gasteiger partial charge in [-0.3, -0.25) is 0 Å². The quantitative estimate of drug-likeness (QED) is 0.881. The zero-order valence-corrected chi connectivity index (χ0v) is 12.6. The van der Waals surface area contributed by atoms with E-state index in [1.165, 1.54) is 16.8 Å². The minimum atomic E-state index is 0.251. The average Bonchev–Trinajstić information content (AvgIpc) is 2.77. The van der Waals surface area contributed by atoms with Gasteiger partial charge in [0.2, 0.25) is 0 Å². The Morgan fingerprint density at radius 2 is 2.16 bits per heavy atom. The van der Waals surface area contributed by atoms with Crippen molar-refractivity contribution in [3.05, 3.63) is 29.3 Å². The highest BCUT2D eigenvalue weighted by Gasteiger charge is 2.35. The van der Waals surface area contributed by atoms with Gasteiger partial charge in [-0.05, 0) is 38.9 Å². The molecule has 1 fully saturated rings. The minimum Gasteiger partial charge on any atom is -0.381 e. The summed E-state index contributed by atoms with van der Waals surface area (Å²) in [4.78, 5) is 2.38. The monoisotopic (exact) mass is 262 g/mol. The van der Waals surface area contributed by atoms with Crippen LogP contribution in [0, 0.1) is 19.3 Å². The lowest BCUT2D eigenvalue weighted by atomic mass is 9.86. The molecule has 1 unspecified atom stereocenters. The number of rotatable bonds is 5. The van der Waals surface area contributed by atoms with Crippen molar-refractivity contribution < 1.29 is 4.74 Å². The van der Waals surface area contributed by atoms with Crippen LogP contribution in [0.3, 0.4) is 0 Å². The molecule has 2 rings (SSSR count). The molecule has 106 valence electrons. The van der Waals surface area contributed by atoms with Gasteiger partial charge in [0, 0.05) is 37.8 Å². The first-order valence-corrected chi connectivity index (χ1v) is 7.07. The van der Waals surface area contributed by atoms with E-state index in [4.69, 9.17) is 4.74 Å². The predicted molar refractivity (Wildman–Crippen MR) is 81.0 cm³/mol. The number of hydrogen-bond donors (Lipinski definition) is 1. The van der Waals surface area contributed by atoms with Crippen molar-refractivity contribution in [1.82, 2.24) is 5.32 Å². The number of hydrogen-bond acceptors (Lipinski definition) is 3. The van der Waals surface area contributed by atoms with Crippen LogP contribution in [0.4, 0.5) is 5.69 Å². The number of anilines is 1. The molecule has 1 aromatic carbocycles. The Morgan fingerprint density at radius 1 is 1.37 bits per heavy atom. The zero-order chi connectivity index (χ0) is 13.9. The third-order valence-electron chi connectivity index (χ3n) is 4.07. The van der Waals surface area contributed by atoms with Crippen molar-refractivity contribution in [2.45, 2.75) is 20.3 Å². The first-order valence-electron chi connectivity index (χ1n) is 7.07. The fourth-order valence-electron chi connectivity index (χ4n) is 3.17. The van der Waals surface area contributed by atoms with E-state index < -0.39 is 0 Å². The van der Waals surface area contributed by atoms with Crippen molar-refractivity contribution in [1.29, 1.82) is 0 Å². The van der Waals surface area contributed by atoms with Gasteiger partial charge in [0.25, 0.3) is 0 Å². The smallest absolute Gasteiger partial charge is 0.0552 e. The van der Waals surface area contributed by atoms with Crippen molar-refractivity contribution in [3.63, 3.8) is 0 Å². The predicted octanol–water partition coefficient (Wildman–Crippen LogP) is 2.37. The van der Waals surface area contributed by atoms with Crippen LogP contribution in [0.5, 0.6) is 0 Å². The van der Waals surface area contributed by atoms with Gasteiger partial charge in [-0.1, -0.05) is 17.7 Å². The molecule has 3 nitrogen and oxygen atoms in total. The van der Waals surface area contributed by atoms with Gasteiger partial charge >= 0.3 is 0 Å². The molecule has 0 bridgehead atoms. The highest BCUT2D eigenvalue weighted by atomic mass is 16.5. The van der Waals surface area contributed by atoms with E-state index >= 15 is 0 Å². The van der Waals surface area contributed by atoms with E-state index in [-0.39, 0.29) is 5.41 Å². The normalized spacial score (nSPS) is 22.7. The molecule has 0 spiro atoms. The molecule has 1 aliphatic rings. The number of nitrogens with zero attached hydrogens (tertiary/aromatic N) is 1. The Balaban J connectivity index is 2.12. The molecule has 1 atom stereocenters. The highest BCUT2D eigenvalue weighted by Crippen LogP contribution is 2.31. The summed E-state index contributed by atoms with van der Waals surface area (Å²) in [6, 6.07) is 6.67. The molecular weight excluding hydrogens is 236 g/mol. The van der Waals surface area contributed by atoms with Crippen molar-refractivity contribution >= 4 is 5.69 Å². The fourth-order valence-corrected chi connectivity index (χ4v) is 3.17. The van der Waals surface area contributed by atoms with Crippen LogP contribution in [0.15, 0.2) is 18.2 Å². The third-order valence-corrected chi connectivity index (χ3v) is 4.07. The summed E-state index contributed by atoms with van der Waals surface area (Å²) >= 11 is 0. The molecule has 0 aromatic heterocycles. The molecule has 1 aromatic rings. The lowest BCUT2D eigenvalue weighted by Gasteiger charge is -2.34. The van der Waals surface area contributed by atoms with Crippen LogP contribution in [0.1, 0.15) is 17.5 Å². The standard InChI is InChI=1S/C16H26N2O/c1-13-5-6-15(14(2)9-13)18(4)11-16(10-17-3)7-8-19-12-16/h5-6,9,17H,7-8,10-12H2,1-4H3. The Bertz CT molecular complexity index is 425. The third kappa shape index (κ3) is 3.28. The second kappa shape index (κ2) is 5.93. The van der Waals surface area contributed by atoms with E-state index in [2.05, 4.69) is 49.3 Å². The summed E-state index contributed by atoms with van der Waals surface area (Å²) in [6.45, 7) is 8.14. The SMILES string of the molecule is CNCC1(CN(C)c2ccc(C)cc2C)CCOC1. The fraction of sp³-hybridized carbons (Fsp3) is 0.625. The van der Waals surface area contributed by atoms with E-state index in [9.17, 15) is 0 Å². The van der Waals surface area contributed by atoms with E-state index in [1.54, 1.807) is 0 Å². The lowest BCUT2D eigenvalue weighted by molar-refractivity contribution is 0.154. The molecule has 0 radical (unpaired) electrons. The molecule has 1 N–H and O–H groups in total. The number of nitrogens with one attached hydrogen (secondary N) is 1. The van der Waals surface area contributed by atoms with Gasteiger partial charge in [0.1, 0.15) is 0 Å². The van der Waals surface area contributed by atoms with Crippen LogP contribution in [0.2, 0.25) is 0 Å². The molecule has 3 heteroatoms. The highest BCUT2D eigenvalue weighted by molar-refractivity contribution is 5.54. The Hall–Kier alpha value is -1.06. The Morgan fingerprint density at radius 3 is 2.74 bits per heavy atom. The largest absolute Gasteiger partial charge is 0.381 e. The summed E-state index contributed by atoms with van der Waals surface area (Å²) < 4.78 is 5.63. The van der Waals surface area contributed by atoms with Gasteiger partial charge in [-0.2, -0.15) is 0 Å². The van der Waals surface area contributed by atoms with Gasteiger partial charge in [-0.25, -0.2) is 0 Å². The van der Waals surface area contributed by atoms with E-state index in [0.29, 0.717) is 0 Å². The topological polar surface area (TPSA) is 24.5 Å². The molecule has 19 heavy (non-hydrogen) atoms. The summed E-state index contributed by atoms with van der Waals surface area (Å²) in [6.07, 6.45) is 1.14. The van der Waals surface area contributed by atoms with Crippen LogP contribution < -0.4 is 10.2 Å². The maximum Gasteiger partial charge on any atom is 0.0552 e. The molecule has 0 saturated carbocycles. The Labute approximate surface area is 116 Å². The van der Waals surface area contributed by atoms with Gasteiger partial charge in [0.15, 0.2) is 0 Å². The van der Waals surface area contributed by atoms with Crippen LogP contribution in [0.25, 0.3) is 0 Å². The minimum absolute atomic E-state index is 0.251. The average molecular weight is 262 g/mol. The second-order valence-corrected chi connectivity index (χ2v) is 5.98. The summed E-state index contributed by atoms with van der Waals surface area (Å²) in [5, 5.41) is 3.32. The van der Waals surface area contributed by atoms with Gasteiger partial charge in [-0.15, -0.1) is 0 Å². The first kappa shape index (κ1) is 14.4. The molecular formula is C16H26N2O. The van der Waals surface area contributed by atoms with Crippen LogP contribution in [-0.4, -0.2) is 40.4 Å². The van der Waals surface area contributed by atoms with Crippen LogP contribution in [-0.2, 0) is 4.74 Å². The molecule has 0 amide bonds. The number of ether oxygens (including phenoxy) is 1. The van der Waals surface area contributed by atoms with Crippen molar-refractivity contribution in [2.24, 2.45) is 5.41 Å². The first-order chi connectivity index (χ1) is 9.06. The van der Waals surface area contributed by atoms with E-state index in [0.717, 1.165) is 32.7 Å². The molecule has 1 heterocycles. The van der Waals surface area contributed by atoms with Crippen molar-refractivity contribution in [3.8, 4) is 0 Å². The maximum absolute atomic E-state index is 5.63. The van der Waals surface area contributed by atoms with Crippen molar-refractivity contribution in [2.75, 3.05) is 45.3 Å². The van der Waals surface area contributed by atoms with E-state index in [1.807, 2.05) is 7.05 Å². The molecule has 0 aliphatic carbocycles. The van der Waals surface area contributed by atoms with Crippen LogP contribution >= 0.6 is 0 Å². The summed E-state index contributed by atoms with van der Waals surface area (Å²) in [7, 11) is 4.21. The summed E-state index contributed by atoms with van der Waals surface area (Å²) in [5.74, 6) is 0. The zero-order valence-electron chi connectivity index (χ0n) is 12.6. The summed E-state index contributed by atoms with van der Waals surface area (Å²) in [5.41, 5.74) is 4.25. The molecule has 1 aliphatic heterocycles. The maximum atomic E-state index is 5.63. The van der Waals surface area contributed by atoms with Gasteiger partial charge in [0.05, 0.1) is 6.61 Å². The molecule has 1 saturated heterocycles. The Kier molecular flexibility index (Phi) is 4.48. The number of benzene rings is 1. The van der Waals surface area contributed by atoms with Gasteiger partial charge < -0.3 is 15.0 Å². The number of aryl methyl sites for hydroxylation is 2. The lowest BCUT2D eigenvalue weighted by Crippen LogP contribution is -2.43.